The Kier molecular flexibility index (Phi) is 5.57. The fraction of sp³-hybridized carbons (Fsp3) is 0.444. The average Bonchev–Trinajstić information content (AvgIpc) is 2.96. The Morgan fingerprint density at radius 2 is 2.11 bits per heavy atom. The molecule has 3 N–H and O–H groups in total. The SMILES string of the molecule is Cc1c([C@@H]2C[C@@H](C(=O)Nc3cccc([C@@H](C)O)c3)N(C)S(=O)(=O)N2)cnn1C. The number of nitrogens with zero attached hydrogens (tertiary/aromatic N) is 3. The maximum Gasteiger partial charge on any atom is 0.280 e. The van der Waals surface area contributed by atoms with Crippen molar-refractivity contribution in [2.24, 2.45) is 7.05 Å². The van der Waals surface area contributed by atoms with Crippen LogP contribution in [0.4, 0.5) is 5.69 Å². The molecular weight excluding hydrogens is 382 g/mol. The van der Waals surface area contributed by atoms with Crippen molar-refractivity contribution >= 4 is 21.8 Å². The van der Waals surface area contributed by atoms with Gasteiger partial charge in [-0.3, -0.25) is 9.48 Å². The van der Waals surface area contributed by atoms with Gasteiger partial charge in [-0.15, -0.1) is 0 Å². The van der Waals surface area contributed by atoms with Crippen molar-refractivity contribution < 1.29 is 18.3 Å². The first-order valence-corrected chi connectivity index (χ1v) is 10.4. The Morgan fingerprint density at radius 1 is 1.39 bits per heavy atom. The van der Waals surface area contributed by atoms with E-state index in [1.165, 1.54) is 7.05 Å². The largest absolute Gasteiger partial charge is 0.389 e. The molecule has 10 heteroatoms. The zero-order valence-corrected chi connectivity index (χ0v) is 17.1. The number of hydrogen-bond acceptors (Lipinski definition) is 5. The molecule has 0 spiro atoms. The fourth-order valence-corrected chi connectivity index (χ4v) is 4.54. The van der Waals surface area contributed by atoms with Gasteiger partial charge in [-0.2, -0.15) is 22.5 Å². The second kappa shape index (κ2) is 7.63. The lowest BCUT2D eigenvalue weighted by Crippen LogP contribution is -2.56. The molecular formula is C18H25N5O4S. The molecule has 1 aliphatic rings. The number of aliphatic hydroxyl groups is 1. The predicted molar refractivity (Wildman–Crippen MR) is 105 cm³/mol. The highest BCUT2D eigenvalue weighted by Crippen LogP contribution is 2.30. The first-order chi connectivity index (χ1) is 13.1. The van der Waals surface area contributed by atoms with Gasteiger partial charge in [0, 0.05) is 31.0 Å². The summed E-state index contributed by atoms with van der Waals surface area (Å²) in [4.78, 5) is 12.9. The molecule has 1 saturated heterocycles. The van der Waals surface area contributed by atoms with E-state index in [1.54, 1.807) is 49.1 Å². The smallest absolute Gasteiger partial charge is 0.280 e. The lowest BCUT2D eigenvalue weighted by molar-refractivity contribution is -0.120. The molecule has 3 rings (SSSR count). The maximum absolute atomic E-state index is 12.9. The van der Waals surface area contributed by atoms with Gasteiger partial charge in [0.25, 0.3) is 10.2 Å². The Labute approximate surface area is 164 Å². The predicted octanol–water partition coefficient (Wildman–Crippen LogP) is 1.00. The van der Waals surface area contributed by atoms with Crippen LogP contribution in [0.5, 0.6) is 0 Å². The minimum Gasteiger partial charge on any atom is -0.389 e. The molecule has 1 amide bonds. The zero-order chi connectivity index (χ0) is 20.6. The topological polar surface area (TPSA) is 117 Å². The number of nitrogens with one attached hydrogen (secondary N) is 2. The molecule has 0 aliphatic carbocycles. The van der Waals surface area contributed by atoms with Crippen molar-refractivity contribution in [1.82, 2.24) is 18.8 Å². The monoisotopic (exact) mass is 407 g/mol. The summed E-state index contributed by atoms with van der Waals surface area (Å²) in [6.45, 7) is 3.49. The number of anilines is 1. The summed E-state index contributed by atoms with van der Waals surface area (Å²) in [6, 6.07) is 5.41. The van der Waals surface area contributed by atoms with Crippen LogP contribution in [0.3, 0.4) is 0 Å². The molecule has 9 nitrogen and oxygen atoms in total. The molecule has 2 heterocycles. The summed E-state index contributed by atoms with van der Waals surface area (Å²) >= 11 is 0. The van der Waals surface area contributed by atoms with Gasteiger partial charge in [-0.1, -0.05) is 12.1 Å². The molecule has 0 unspecified atom stereocenters. The lowest BCUT2D eigenvalue weighted by Gasteiger charge is -2.36. The molecule has 0 radical (unpaired) electrons. The highest BCUT2D eigenvalue weighted by Gasteiger charge is 2.41. The van der Waals surface area contributed by atoms with E-state index in [2.05, 4.69) is 15.1 Å². The van der Waals surface area contributed by atoms with Gasteiger partial charge >= 0.3 is 0 Å². The van der Waals surface area contributed by atoms with Crippen LogP contribution in [0, 0.1) is 6.92 Å². The molecule has 0 bridgehead atoms. The third-order valence-electron chi connectivity index (χ3n) is 5.16. The number of carbonyl (C=O) groups excluding carboxylic acids is 1. The first kappa shape index (κ1) is 20.5. The van der Waals surface area contributed by atoms with Crippen molar-refractivity contribution in [2.45, 2.75) is 38.5 Å². The van der Waals surface area contributed by atoms with E-state index >= 15 is 0 Å². The van der Waals surface area contributed by atoms with Gasteiger partial charge in [-0.05, 0) is 38.0 Å². The minimum atomic E-state index is -3.83. The second-order valence-electron chi connectivity index (χ2n) is 7.04. The molecule has 0 saturated carbocycles. The maximum atomic E-state index is 12.9. The number of likely N-dealkylation sites (N-methyl/N-ethyl adjacent to an activating group) is 1. The van der Waals surface area contributed by atoms with Gasteiger partial charge in [0.1, 0.15) is 6.04 Å². The summed E-state index contributed by atoms with van der Waals surface area (Å²) in [6.07, 6.45) is 1.22. The fourth-order valence-electron chi connectivity index (χ4n) is 3.27. The highest BCUT2D eigenvalue weighted by molar-refractivity contribution is 7.87. The standard InChI is InChI=1S/C18H25N5O4S/c1-11-15(10-19-22(11)3)16-9-17(23(4)28(26,27)21-16)18(25)20-14-7-5-6-13(8-14)12(2)24/h5-8,10,12,16-17,21,24H,9H2,1-4H3,(H,20,25)/t12-,16+,17+/m1/s1. The van der Waals surface area contributed by atoms with Crippen LogP contribution in [0.1, 0.15) is 42.3 Å². The third-order valence-corrected chi connectivity index (χ3v) is 6.75. The van der Waals surface area contributed by atoms with Crippen LogP contribution in [0.15, 0.2) is 30.5 Å². The normalized spacial score (nSPS) is 23.3. The molecule has 3 atom stereocenters. The highest BCUT2D eigenvalue weighted by atomic mass is 32.2. The number of aryl methyl sites for hydroxylation is 1. The van der Waals surface area contributed by atoms with Crippen LogP contribution >= 0.6 is 0 Å². The van der Waals surface area contributed by atoms with E-state index < -0.39 is 34.3 Å². The van der Waals surface area contributed by atoms with Gasteiger partial charge in [0.05, 0.1) is 18.3 Å². The number of carbonyl (C=O) groups is 1. The van der Waals surface area contributed by atoms with E-state index in [4.69, 9.17) is 0 Å². The molecule has 2 aromatic rings. The third kappa shape index (κ3) is 3.95. The number of hydrogen-bond donors (Lipinski definition) is 3. The second-order valence-corrected chi connectivity index (χ2v) is 8.80. The van der Waals surface area contributed by atoms with Gasteiger partial charge in [-0.25, -0.2) is 0 Å². The van der Waals surface area contributed by atoms with Gasteiger partial charge < -0.3 is 10.4 Å². The number of amides is 1. The zero-order valence-electron chi connectivity index (χ0n) is 16.2. The summed E-state index contributed by atoms with van der Waals surface area (Å²) in [7, 11) is -0.669. The van der Waals surface area contributed by atoms with E-state index in [0.29, 0.717) is 11.3 Å². The average molecular weight is 407 g/mol. The number of aliphatic hydroxyl groups excluding tert-OH is 1. The van der Waals surface area contributed by atoms with Crippen molar-refractivity contribution in [1.29, 1.82) is 0 Å². The summed E-state index contributed by atoms with van der Waals surface area (Å²) in [5.41, 5.74) is 2.74. The Hall–Kier alpha value is -2.27. The minimum absolute atomic E-state index is 0.268. The molecule has 152 valence electrons. The summed E-state index contributed by atoms with van der Waals surface area (Å²) < 4.78 is 30.5. The first-order valence-electron chi connectivity index (χ1n) is 8.93. The number of rotatable bonds is 4. The van der Waals surface area contributed by atoms with E-state index in [-0.39, 0.29) is 6.42 Å². The van der Waals surface area contributed by atoms with Crippen LogP contribution in [0.25, 0.3) is 0 Å². The Morgan fingerprint density at radius 3 is 2.71 bits per heavy atom. The van der Waals surface area contributed by atoms with Crippen molar-refractivity contribution in [3.8, 4) is 0 Å². The van der Waals surface area contributed by atoms with E-state index in [1.807, 2.05) is 6.92 Å². The van der Waals surface area contributed by atoms with Crippen LogP contribution < -0.4 is 10.0 Å². The van der Waals surface area contributed by atoms with Crippen molar-refractivity contribution in [2.75, 3.05) is 12.4 Å². The Balaban J connectivity index is 1.85. The van der Waals surface area contributed by atoms with Gasteiger partial charge in [0.2, 0.25) is 5.91 Å². The number of benzene rings is 1. The van der Waals surface area contributed by atoms with E-state index in [0.717, 1.165) is 15.6 Å². The summed E-state index contributed by atoms with van der Waals surface area (Å²) in [5, 5.41) is 16.6. The molecule has 1 aromatic carbocycles. The molecule has 1 aromatic heterocycles. The van der Waals surface area contributed by atoms with Crippen LogP contribution in [-0.2, 0) is 22.1 Å². The lowest BCUT2D eigenvalue weighted by atomic mass is 10.00. The van der Waals surface area contributed by atoms with Crippen molar-refractivity contribution in [3.05, 3.63) is 47.3 Å². The van der Waals surface area contributed by atoms with Crippen molar-refractivity contribution in [3.63, 3.8) is 0 Å². The van der Waals surface area contributed by atoms with Crippen LogP contribution in [0.2, 0.25) is 0 Å². The summed E-state index contributed by atoms with van der Waals surface area (Å²) in [5.74, 6) is -0.429. The Bertz CT molecular complexity index is 986. The molecule has 28 heavy (non-hydrogen) atoms. The van der Waals surface area contributed by atoms with E-state index in [9.17, 15) is 18.3 Å². The molecule has 1 fully saturated rings. The number of aromatic nitrogens is 2. The molecule has 1 aliphatic heterocycles. The van der Waals surface area contributed by atoms with Gasteiger partial charge in [0.15, 0.2) is 0 Å². The van der Waals surface area contributed by atoms with Crippen LogP contribution in [-0.4, -0.2) is 46.6 Å². The quantitative estimate of drug-likeness (QED) is 0.699.